The average Bonchev–Trinajstić information content (AvgIpc) is 2.63. The molecule has 132 valence electrons. The van der Waals surface area contributed by atoms with Crippen LogP contribution in [0.4, 0.5) is 4.39 Å². The van der Waals surface area contributed by atoms with Gasteiger partial charge in [-0.05, 0) is 30.3 Å². The Balaban J connectivity index is 2.17. The van der Waals surface area contributed by atoms with Crippen molar-refractivity contribution in [2.24, 2.45) is 5.73 Å². The van der Waals surface area contributed by atoms with Crippen LogP contribution in [-0.2, 0) is 0 Å². The van der Waals surface area contributed by atoms with E-state index in [1.807, 2.05) is 0 Å². The zero-order valence-corrected chi connectivity index (χ0v) is 14.8. The highest BCUT2D eigenvalue weighted by Crippen LogP contribution is 2.35. The molecule has 0 bridgehead atoms. The Hall–Kier alpha value is -2.63. The van der Waals surface area contributed by atoms with Gasteiger partial charge in [0.05, 0.1) is 16.3 Å². The van der Waals surface area contributed by atoms with Gasteiger partial charge in [-0.25, -0.2) is 4.39 Å². The summed E-state index contributed by atoms with van der Waals surface area (Å²) in [5, 5.41) is 0.681. The van der Waals surface area contributed by atoms with Crippen molar-refractivity contribution in [3.63, 3.8) is 0 Å². The van der Waals surface area contributed by atoms with E-state index in [4.69, 9.17) is 33.7 Å². The molecule has 0 aliphatic rings. The molecule has 2 aromatic carbocycles. The summed E-state index contributed by atoms with van der Waals surface area (Å²) in [5.74, 6) is -0.986. The molecule has 1 atom stereocenters. The summed E-state index contributed by atoms with van der Waals surface area (Å²) in [6, 6.07) is 13.8. The number of hydrogen-bond donors (Lipinski definition) is 1. The molecule has 2 N–H and O–H groups in total. The molecule has 0 aliphatic heterocycles. The summed E-state index contributed by atoms with van der Waals surface area (Å²) in [7, 11) is 0. The predicted molar refractivity (Wildman–Crippen MR) is 98.1 cm³/mol. The summed E-state index contributed by atoms with van der Waals surface area (Å²) >= 11 is 12.2. The fourth-order valence-corrected chi connectivity index (χ4v) is 2.81. The van der Waals surface area contributed by atoms with Gasteiger partial charge < -0.3 is 10.5 Å². The zero-order valence-electron chi connectivity index (χ0n) is 13.3. The Kier molecular flexibility index (Phi) is 5.40. The first kappa shape index (κ1) is 18.2. The lowest BCUT2D eigenvalue weighted by molar-refractivity contribution is 0.0995. The summed E-state index contributed by atoms with van der Waals surface area (Å²) < 4.78 is 20.4. The third-order valence-corrected chi connectivity index (χ3v) is 4.23. The third-order valence-electron chi connectivity index (χ3n) is 3.68. The number of ether oxygens (including phenoxy) is 1. The van der Waals surface area contributed by atoms with E-state index in [-0.39, 0.29) is 27.6 Å². The monoisotopic (exact) mass is 390 g/mol. The van der Waals surface area contributed by atoms with E-state index >= 15 is 0 Å². The number of nitrogens with two attached hydrogens (primary N) is 1. The summed E-state index contributed by atoms with van der Waals surface area (Å²) in [6.07, 6.45) is 0.425. The Morgan fingerprint density at radius 1 is 1.12 bits per heavy atom. The van der Waals surface area contributed by atoms with Gasteiger partial charge in [-0.3, -0.25) is 9.78 Å². The minimum absolute atomic E-state index is 0.124. The van der Waals surface area contributed by atoms with Crippen LogP contribution in [0.5, 0.6) is 5.75 Å². The first-order valence-electron chi connectivity index (χ1n) is 7.58. The van der Waals surface area contributed by atoms with E-state index in [0.717, 1.165) is 0 Å². The molecule has 1 aromatic heterocycles. The molecule has 7 heteroatoms. The highest BCUT2D eigenvalue weighted by Gasteiger charge is 2.26. The number of rotatable bonds is 5. The lowest BCUT2D eigenvalue weighted by atomic mass is 10.0. The van der Waals surface area contributed by atoms with E-state index in [9.17, 15) is 9.18 Å². The molecule has 0 radical (unpaired) electrons. The van der Waals surface area contributed by atoms with Gasteiger partial charge in [0.15, 0.2) is 6.10 Å². The number of benzene rings is 2. The summed E-state index contributed by atoms with van der Waals surface area (Å²) in [4.78, 5) is 16.0. The van der Waals surface area contributed by atoms with Crippen molar-refractivity contribution in [1.29, 1.82) is 0 Å². The topological polar surface area (TPSA) is 65.2 Å². The number of carbonyl (C=O) groups is 1. The van der Waals surface area contributed by atoms with Crippen molar-refractivity contribution in [3.8, 4) is 5.75 Å². The molecule has 0 saturated heterocycles. The SMILES string of the molecule is NC(=O)c1cccnc1C(Oc1cc(Cl)ccc1Cl)c1ccccc1F. The maximum atomic E-state index is 14.5. The fourth-order valence-electron chi connectivity index (χ4n) is 2.48. The number of primary amides is 1. The summed E-state index contributed by atoms with van der Waals surface area (Å²) in [5.41, 5.74) is 5.93. The number of nitrogens with zero attached hydrogens (tertiary/aromatic N) is 1. The van der Waals surface area contributed by atoms with E-state index in [0.29, 0.717) is 5.02 Å². The second-order valence-electron chi connectivity index (χ2n) is 5.39. The number of pyridine rings is 1. The molecule has 3 aromatic rings. The van der Waals surface area contributed by atoms with Crippen molar-refractivity contribution < 1.29 is 13.9 Å². The molecule has 0 aliphatic carbocycles. The van der Waals surface area contributed by atoms with Crippen LogP contribution in [0.1, 0.15) is 27.7 Å². The van der Waals surface area contributed by atoms with Crippen LogP contribution >= 0.6 is 23.2 Å². The number of carbonyl (C=O) groups excluding carboxylic acids is 1. The van der Waals surface area contributed by atoms with Gasteiger partial charge in [0.2, 0.25) is 0 Å². The Labute approximate surface area is 159 Å². The number of aromatic nitrogens is 1. The molecule has 1 amide bonds. The smallest absolute Gasteiger partial charge is 0.250 e. The van der Waals surface area contributed by atoms with Gasteiger partial charge in [-0.15, -0.1) is 0 Å². The van der Waals surface area contributed by atoms with Crippen molar-refractivity contribution in [2.75, 3.05) is 0 Å². The average molecular weight is 391 g/mol. The minimum atomic E-state index is -1.05. The highest BCUT2D eigenvalue weighted by atomic mass is 35.5. The molecule has 26 heavy (non-hydrogen) atoms. The van der Waals surface area contributed by atoms with Gasteiger partial charge in [0, 0.05) is 22.8 Å². The van der Waals surface area contributed by atoms with Crippen LogP contribution < -0.4 is 10.5 Å². The molecule has 1 heterocycles. The largest absolute Gasteiger partial charge is 0.478 e. The predicted octanol–water partition coefficient (Wildman–Crippen LogP) is 4.79. The molecule has 1 unspecified atom stereocenters. The number of hydrogen-bond acceptors (Lipinski definition) is 3. The number of halogens is 3. The zero-order chi connectivity index (χ0) is 18.7. The van der Waals surface area contributed by atoms with Crippen LogP contribution in [0, 0.1) is 5.82 Å². The maximum absolute atomic E-state index is 14.5. The molecule has 4 nitrogen and oxygen atoms in total. The van der Waals surface area contributed by atoms with E-state index in [1.165, 1.54) is 30.5 Å². The lowest BCUT2D eigenvalue weighted by Gasteiger charge is -2.22. The van der Waals surface area contributed by atoms with Crippen molar-refractivity contribution in [3.05, 3.63) is 93.5 Å². The van der Waals surface area contributed by atoms with Gasteiger partial charge >= 0.3 is 0 Å². The van der Waals surface area contributed by atoms with Gasteiger partial charge in [0.1, 0.15) is 11.6 Å². The third kappa shape index (κ3) is 3.79. The Morgan fingerprint density at radius 2 is 1.88 bits per heavy atom. The number of amides is 1. The van der Waals surface area contributed by atoms with E-state index in [2.05, 4.69) is 4.98 Å². The summed E-state index contributed by atoms with van der Waals surface area (Å²) in [6.45, 7) is 0. The van der Waals surface area contributed by atoms with Crippen molar-refractivity contribution in [1.82, 2.24) is 4.98 Å². The van der Waals surface area contributed by atoms with Crippen molar-refractivity contribution >= 4 is 29.1 Å². The minimum Gasteiger partial charge on any atom is -0.478 e. The molecule has 0 saturated carbocycles. The second kappa shape index (κ2) is 7.72. The standard InChI is InChI=1S/C19H13Cl2FN2O2/c20-11-7-8-14(21)16(10-11)26-18(12-4-1-2-6-15(12)22)17-13(19(23)25)5-3-9-24-17/h1-10,18H,(H2,23,25). The van der Waals surface area contributed by atoms with Crippen LogP contribution in [0.15, 0.2) is 60.8 Å². The lowest BCUT2D eigenvalue weighted by Crippen LogP contribution is -2.21. The van der Waals surface area contributed by atoms with Crippen LogP contribution in [0.2, 0.25) is 10.0 Å². The molecule has 3 rings (SSSR count). The molecule has 0 fully saturated rings. The van der Waals surface area contributed by atoms with Crippen LogP contribution in [-0.4, -0.2) is 10.9 Å². The van der Waals surface area contributed by atoms with Gasteiger partial charge in [0.25, 0.3) is 5.91 Å². The second-order valence-corrected chi connectivity index (χ2v) is 6.24. The normalized spacial score (nSPS) is 11.8. The van der Waals surface area contributed by atoms with Crippen molar-refractivity contribution in [2.45, 2.75) is 6.10 Å². The Bertz CT molecular complexity index is 966. The molecular formula is C19H13Cl2FN2O2. The first-order valence-corrected chi connectivity index (χ1v) is 8.34. The molecule has 0 spiro atoms. The molecular weight excluding hydrogens is 378 g/mol. The van der Waals surface area contributed by atoms with Gasteiger partial charge in [-0.1, -0.05) is 41.4 Å². The first-order chi connectivity index (χ1) is 12.5. The highest BCUT2D eigenvalue weighted by molar-refractivity contribution is 6.34. The Morgan fingerprint density at radius 3 is 2.62 bits per heavy atom. The maximum Gasteiger partial charge on any atom is 0.250 e. The van der Waals surface area contributed by atoms with Crippen LogP contribution in [0.25, 0.3) is 0 Å². The fraction of sp³-hybridized carbons (Fsp3) is 0.0526. The van der Waals surface area contributed by atoms with E-state index in [1.54, 1.807) is 30.3 Å². The van der Waals surface area contributed by atoms with Crippen LogP contribution in [0.3, 0.4) is 0 Å². The van der Waals surface area contributed by atoms with E-state index < -0.39 is 17.8 Å². The van der Waals surface area contributed by atoms with Gasteiger partial charge in [-0.2, -0.15) is 0 Å². The quantitative estimate of drug-likeness (QED) is 0.680.